The summed E-state index contributed by atoms with van der Waals surface area (Å²) in [7, 11) is 1.40. The van der Waals surface area contributed by atoms with Gasteiger partial charge in [0.05, 0.1) is 23.9 Å². The highest BCUT2D eigenvalue weighted by Gasteiger charge is 2.48. The summed E-state index contributed by atoms with van der Waals surface area (Å²) in [6.45, 7) is 0. The molecule has 1 aliphatic heterocycles. The number of nitrogens with zero attached hydrogens (tertiary/aromatic N) is 2. The van der Waals surface area contributed by atoms with Crippen LogP contribution in [-0.4, -0.2) is 28.9 Å². The molecule has 0 saturated carbocycles. The molecule has 1 aliphatic rings. The highest BCUT2D eigenvalue weighted by molar-refractivity contribution is 6.51. The van der Waals surface area contributed by atoms with Crippen LogP contribution in [0.5, 0.6) is 5.75 Å². The number of pyridine rings is 1. The van der Waals surface area contributed by atoms with Gasteiger partial charge in [0.25, 0.3) is 11.7 Å². The lowest BCUT2D eigenvalue weighted by molar-refractivity contribution is -0.132. The summed E-state index contributed by atoms with van der Waals surface area (Å²) in [4.78, 5) is 31.2. The van der Waals surface area contributed by atoms with Crippen molar-refractivity contribution in [1.82, 2.24) is 4.98 Å². The maximum Gasteiger partial charge on any atom is 0.300 e. The molecule has 0 spiro atoms. The van der Waals surface area contributed by atoms with Gasteiger partial charge in [-0.3, -0.25) is 19.5 Å². The van der Waals surface area contributed by atoms with Crippen molar-refractivity contribution in [1.29, 1.82) is 0 Å². The molecule has 1 saturated heterocycles. The first kappa shape index (κ1) is 20.2. The number of aliphatic hydroxyl groups excluding tert-OH is 1. The zero-order chi connectivity index (χ0) is 22.1. The minimum atomic E-state index is -1.18. The minimum absolute atomic E-state index is 0.0456. The van der Waals surface area contributed by atoms with E-state index in [1.807, 2.05) is 0 Å². The van der Waals surface area contributed by atoms with Gasteiger partial charge in [0.2, 0.25) is 0 Å². The van der Waals surface area contributed by atoms with Gasteiger partial charge in [-0.15, -0.1) is 0 Å². The Hall–Kier alpha value is -4.07. The van der Waals surface area contributed by atoms with Gasteiger partial charge in [0.1, 0.15) is 17.6 Å². The predicted molar refractivity (Wildman–Crippen MR) is 108 cm³/mol. The molecule has 0 radical (unpaired) electrons. The van der Waals surface area contributed by atoms with E-state index in [2.05, 4.69) is 4.98 Å². The minimum Gasteiger partial charge on any atom is -0.507 e. The molecule has 1 unspecified atom stereocenters. The predicted octanol–water partition coefficient (Wildman–Crippen LogP) is 3.99. The summed E-state index contributed by atoms with van der Waals surface area (Å²) >= 11 is 0. The molecule has 1 aromatic heterocycles. The van der Waals surface area contributed by atoms with E-state index in [9.17, 15) is 23.5 Å². The van der Waals surface area contributed by atoms with E-state index in [-0.39, 0.29) is 22.5 Å². The molecule has 1 N–H and O–H groups in total. The van der Waals surface area contributed by atoms with Crippen molar-refractivity contribution in [2.24, 2.45) is 0 Å². The molecule has 0 bridgehead atoms. The highest BCUT2D eigenvalue weighted by Crippen LogP contribution is 2.42. The number of ether oxygens (including phenoxy) is 1. The van der Waals surface area contributed by atoms with Gasteiger partial charge >= 0.3 is 0 Å². The quantitative estimate of drug-likeness (QED) is 0.391. The maximum atomic E-state index is 13.9. The fraction of sp³-hybridized carbons (Fsp3) is 0.0870. The van der Waals surface area contributed by atoms with Crippen molar-refractivity contribution in [3.05, 3.63) is 95.3 Å². The lowest BCUT2D eigenvalue weighted by atomic mass is 9.97. The third kappa shape index (κ3) is 3.42. The lowest BCUT2D eigenvalue weighted by Crippen LogP contribution is -2.30. The first-order chi connectivity index (χ1) is 14.9. The number of halogens is 2. The van der Waals surface area contributed by atoms with Gasteiger partial charge in [0, 0.05) is 18.0 Å². The van der Waals surface area contributed by atoms with Gasteiger partial charge in [-0.2, -0.15) is 0 Å². The SMILES string of the molecule is COc1ccccc1/C(O)=C1\C(=O)C(=O)N(c2ccc(F)c(F)c2)C1c1ccccn1. The normalized spacial score (nSPS) is 17.8. The number of ketones is 1. The molecule has 1 amide bonds. The number of Topliss-reactive ketones (excluding diaryl/α,β-unsaturated/α-hetero) is 1. The van der Waals surface area contributed by atoms with Gasteiger partial charge in [-0.25, -0.2) is 8.78 Å². The van der Waals surface area contributed by atoms with Crippen LogP contribution in [0.2, 0.25) is 0 Å². The second-order valence-electron chi connectivity index (χ2n) is 6.72. The van der Waals surface area contributed by atoms with Gasteiger partial charge in [-0.05, 0) is 36.4 Å². The number of carbonyl (C=O) groups is 2. The standard InChI is InChI=1S/C23H16F2N2O4/c1-31-18-8-3-2-6-14(18)21(28)19-20(17-7-4-5-11-26-17)27(23(30)22(19)29)13-9-10-15(24)16(25)12-13/h2-12,20,28H,1H3/b21-19+. The van der Waals surface area contributed by atoms with E-state index in [4.69, 9.17) is 4.74 Å². The van der Waals surface area contributed by atoms with E-state index in [1.54, 1.807) is 36.4 Å². The van der Waals surface area contributed by atoms with Crippen molar-refractivity contribution in [3.63, 3.8) is 0 Å². The molecule has 4 rings (SSSR count). The fourth-order valence-electron chi connectivity index (χ4n) is 3.54. The largest absolute Gasteiger partial charge is 0.507 e. The molecule has 2 heterocycles. The van der Waals surface area contributed by atoms with Gasteiger partial charge < -0.3 is 9.84 Å². The Labute approximate surface area is 176 Å². The van der Waals surface area contributed by atoms with Crippen molar-refractivity contribution < 1.29 is 28.2 Å². The Morgan fingerprint density at radius 2 is 1.77 bits per heavy atom. The van der Waals surface area contributed by atoms with E-state index < -0.39 is 35.1 Å². The topological polar surface area (TPSA) is 79.7 Å². The molecule has 8 heteroatoms. The number of rotatable bonds is 4. The smallest absolute Gasteiger partial charge is 0.300 e. The Bertz CT molecular complexity index is 1210. The Kier molecular flexibility index (Phi) is 5.21. The maximum absolute atomic E-state index is 13.9. The van der Waals surface area contributed by atoms with Gasteiger partial charge in [0.15, 0.2) is 11.6 Å². The van der Waals surface area contributed by atoms with Crippen LogP contribution in [0, 0.1) is 11.6 Å². The van der Waals surface area contributed by atoms with Crippen LogP contribution in [0.25, 0.3) is 5.76 Å². The summed E-state index contributed by atoms with van der Waals surface area (Å²) in [6.07, 6.45) is 1.46. The molecule has 156 valence electrons. The fourth-order valence-corrected chi connectivity index (χ4v) is 3.54. The molecule has 6 nitrogen and oxygen atoms in total. The van der Waals surface area contributed by atoms with Crippen LogP contribution >= 0.6 is 0 Å². The van der Waals surface area contributed by atoms with E-state index >= 15 is 0 Å². The summed E-state index contributed by atoms with van der Waals surface area (Å²) in [5, 5.41) is 11.1. The molecule has 2 aromatic carbocycles. The number of carbonyl (C=O) groups excluding carboxylic acids is 2. The third-order valence-corrected chi connectivity index (χ3v) is 4.96. The first-order valence-corrected chi connectivity index (χ1v) is 9.24. The number of hydrogen-bond donors (Lipinski definition) is 1. The molecule has 3 aromatic rings. The number of anilines is 1. The number of methoxy groups -OCH3 is 1. The molecule has 31 heavy (non-hydrogen) atoms. The van der Waals surface area contributed by atoms with Crippen LogP contribution in [0.3, 0.4) is 0 Å². The second kappa shape index (κ2) is 7.98. The third-order valence-electron chi connectivity index (χ3n) is 4.96. The van der Waals surface area contributed by atoms with Crippen LogP contribution in [0.4, 0.5) is 14.5 Å². The van der Waals surface area contributed by atoms with Crippen molar-refractivity contribution in [3.8, 4) is 5.75 Å². The number of aliphatic hydroxyl groups is 1. The number of hydrogen-bond acceptors (Lipinski definition) is 5. The second-order valence-corrected chi connectivity index (χ2v) is 6.72. The van der Waals surface area contributed by atoms with E-state index in [0.29, 0.717) is 5.75 Å². The molecule has 1 fully saturated rings. The Morgan fingerprint density at radius 1 is 1.03 bits per heavy atom. The van der Waals surface area contributed by atoms with Crippen molar-refractivity contribution >= 4 is 23.1 Å². The Morgan fingerprint density at radius 3 is 2.45 bits per heavy atom. The molecular formula is C23H16F2N2O4. The van der Waals surface area contributed by atoms with Crippen LogP contribution < -0.4 is 9.64 Å². The summed E-state index contributed by atoms with van der Waals surface area (Å²) in [5.41, 5.74) is 0.186. The monoisotopic (exact) mass is 422 g/mol. The number of benzene rings is 2. The lowest BCUT2D eigenvalue weighted by Gasteiger charge is -2.24. The van der Waals surface area contributed by atoms with Crippen LogP contribution in [-0.2, 0) is 9.59 Å². The summed E-state index contributed by atoms with van der Waals surface area (Å²) < 4.78 is 32.6. The molecule has 1 atom stereocenters. The van der Waals surface area contributed by atoms with Crippen molar-refractivity contribution in [2.75, 3.05) is 12.0 Å². The summed E-state index contributed by atoms with van der Waals surface area (Å²) in [5.74, 6) is -4.43. The average Bonchev–Trinajstić information content (AvgIpc) is 3.06. The van der Waals surface area contributed by atoms with Gasteiger partial charge in [-0.1, -0.05) is 18.2 Å². The first-order valence-electron chi connectivity index (χ1n) is 9.24. The van der Waals surface area contributed by atoms with Crippen LogP contribution in [0.1, 0.15) is 17.3 Å². The number of amides is 1. The zero-order valence-electron chi connectivity index (χ0n) is 16.3. The average molecular weight is 422 g/mol. The Balaban J connectivity index is 1.97. The molecular weight excluding hydrogens is 406 g/mol. The zero-order valence-corrected chi connectivity index (χ0v) is 16.3. The van der Waals surface area contributed by atoms with E-state index in [0.717, 1.165) is 17.0 Å². The summed E-state index contributed by atoms with van der Waals surface area (Å²) in [6, 6.07) is 13.0. The number of para-hydroxylation sites is 1. The number of aromatic nitrogens is 1. The van der Waals surface area contributed by atoms with Crippen molar-refractivity contribution in [2.45, 2.75) is 6.04 Å². The molecule has 0 aliphatic carbocycles. The van der Waals surface area contributed by atoms with Crippen LogP contribution in [0.15, 0.2) is 72.4 Å². The highest BCUT2D eigenvalue weighted by atomic mass is 19.2. The van der Waals surface area contributed by atoms with E-state index in [1.165, 1.54) is 25.4 Å².